The first-order chi connectivity index (χ1) is 14.0. The number of anilines is 1. The maximum absolute atomic E-state index is 12.4. The van der Waals surface area contributed by atoms with Crippen molar-refractivity contribution in [2.24, 2.45) is 0 Å². The van der Waals surface area contributed by atoms with Gasteiger partial charge < -0.3 is 20.3 Å². The van der Waals surface area contributed by atoms with E-state index in [2.05, 4.69) is 27.5 Å². The van der Waals surface area contributed by atoms with Crippen molar-refractivity contribution < 1.29 is 14.3 Å². The largest absolute Gasteiger partial charge is 0.497 e. The molecular weight excluding hydrogens is 394 g/mol. The van der Waals surface area contributed by atoms with Gasteiger partial charge in [-0.1, -0.05) is 24.9 Å². The van der Waals surface area contributed by atoms with Gasteiger partial charge in [-0.25, -0.2) is 9.97 Å². The molecule has 156 valence electrons. The number of ether oxygens (including phenoxy) is 1. The predicted molar refractivity (Wildman–Crippen MR) is 113 cm³/mol. The fraction of sp³-hybridized carbons (Fsp3) is 0.400. The van der Waals surface area contributed by atoms with Gasteiger partial charge >= 0.3 is 0 Å². The van der Waals surface area contributed by atoms with Crippen molar-refractivity contribution in [1.82, 2.24) is 20.6 Å². The highest BCUT2D eigenvalue weighted by atomic mass is 35.5. The Labute approximate surface area is 175 Å². The lowest BCUT2D eigenvalue weighted by Crippen LogP contribution is -2.35. The summed E-state index contributed by atoms with van der Waals surface area (Å²) in [5.41, 5.74) is 0.622. The lowest BCUT2D eigenvalue weighted by molar-refractivity contribution is 0.0925. The van der Waals surface area contributed by atoms with E-state index in [4.69, 9.17) is 16.3 Å². The highest BCUT2D eigenvalue weighted by Gasteiger charge is 2.15. The van der Waals surface area contributed by atoms with Crippen molar-refractivity contribution in [1.29, 1.82) is 0 Å². The van der Waals surface area contributed by atoms with Gasteiger partial charge in [-0.3, -0.25) is 9.59 Å². The third kappa shape index (κ3) is 6.60. The van der Waals surface area contributed by atoms with E-state index in [1.165, 1.54) is 6.20 Å². The molecule has 0 atom stereocenters. The van der Waals surface area contributed by atoms with Gasteiger partial charge in [0.15, 0.2) is 5.69 Å². The molecule has 0 saturated carbocycles. The minimum absolute atomic E-state index is 0.112. The number of rotatable bonds is 10. The molecule has 29 heavy (non-hydrogen) atoms. The van der Waals surface area contributed by atoms with E-state index in [0.29, 0.717) is 17.3 Å². The zero-order valence-electron chi connectivity index (χ0n) is 16.9. The number of amides is 2. The Morgan fingerprint density at radius 3 is 2.41 bits per heavy atom. The summed E-state index contributed by atoms with van der Waals surface area (Å²) in [5, 5.41) is 5.63. The van der Waals surface area contributed by atoms with Gasteiger partial charge in [0.2, 0.25) is 5.95 Å². The molecule has 2 aromatic rings. The SMILES string of the molecule is CCCCN(C)c1ncc(Cl)c(C(=O)NCCNC(=O)c2ccc(OC)cc2)n1. The maximum Gasteiger partial charge on any atom is 0.271 e. The second-order valence-electron chi connectivity index (χ2n) is 6.38. The minimum atomic E-state index is -0.416. The fourth-order valence-corrected chi connectivity index (χ4v) is 2.65. The van der Waals surface area contributed by atoms with Gasteiger partial charge in [-0.15, -0.1) is 0 Å². The van der Waals surface area contributed by atoms with Gasteiger partial charge in [0.25, 0.3) is 11.8 Å². The van der Waals surface area contributed by atoms with Crippen LogP contribution in [-0.4, -0.2) is 55.6 Å². The topological polar surface area (TPSA) is 96.5 Å². The number of halogens is 1. The number of unbranched alkanes of at least 4 members (excludes halogenated alkanes) is 1. The number of hydrogen-bond donors (Lipinski definition) is 2. The highest BCUT2D eigenvalue weighted by Crippen LogP contribution is 2.16. The van der Waals surface area contributed by atoms with Crippen LogP contribution < -0.4 is 20.3 Å². The molecule has 0 bridgehead atoms. The molecule has 0 aliphatic rings. The first-order valence-electron chi connectivity index (χ1n) is 9.40. The molecule has 0 unspecified atom stereocenters. The van der Waals surface area contributed by atoms with Crippen LogP contribution in [0.5, 0.6) is 5.75 Å². The van der Waals surface area contributed by atoms with E-state index in [1.54, 1.807) is 31.4 Å². The Hall–Kier alpha value is -2.87. The van der Waals surface area contributed by atoms with Gasteiger partial charge in [0, 0.05) is 32.2 Å². The standard InChI is InChI=1S/C20H26ClN5O3/c1-4-5-12-26(2)20-24-13-16(21)17(25-20)19(28)23-11-10-22-18(27)14-6-8-15(29-3)9-7-14/h6-9,13H,4-5,10-12H2,1-3H3,(H,22,27)(H,23,28). The first kappa shape index (κ1) is 22.4. The molecule has 9 heteroatoms. The lowest BCUT2D eigenvalue weighted by atomic mass is 10.2. The molecule has 0 saturated heterocycles. The Kier molecular flexibility index (Phi) is 8.67. The number of hydrogen-bond acceptors (Lipinski definition) is 6. The average Bonchev–Trinajstić information content (AvgIpc) is 2.75. The van der Waals surface area contributed by atoms with Crippen molar-refractivity contribution in [3.63, 3.8) is 0 Å². The normalized spacial score (nSPS) is 10.3. The minimum Gasteiger partial charge on any atom is -0.497 e. The van der Waals surface area contributed by atoms with Gasteiger partial charge in [-0.2, -0.15) is 0 Å². The van der Waals surface area contributed by atoms with Crippen LogP contribution in [-0.2, 0) is 0 Å². The Balaban J connectivity index is 1.86. The summed E-state index contributed by atoms with van der Waals surface area (Å²) >= 11 is 6.08. The summed E-state index contributed by atoms with van der Waals surface area (Å²) in [4.78, 5) is 34.8. The van der Waals surface area contributed by atoms with E-state index in [1.807, 2.05) is 11.9 Å². The summed E-state index contributed by atoms with van der Waals surface area (Å²) in [7, 11) is 3.43. The summed E-state index contributed by atoms with van der Waals surface area (Å²) in [6.45, 7) is 3.39. The smallest absolute Gasteiger partial charge is 0.271 e. The van der Waals surface area contributed by atoms with Crippen molar-refractivity contribution >= 4 is 29.4 Å². The highest BCUT2D eigenvalue weighted by molar-refractivity contribution is 6.33. The quantitative estimate of drug-likeness (QED) is 0.574. The average molecular weight is 420 g/mol. The molecule has 2 N–H and O–H groups in total. The molecule has 2 rings (SSSR count). The van der Waals surface area contributed by atoms with Crippen LogP contribution in [0.1, 0.15) is 40.6 Å². The van der Waals surface area contributed by atoms with E-state index < -0.39 is 5.91 Å². The summed E-state index contributed by atoms with van der Waals surface area (Å²) in [6, 6.07) is 6.76. The monoisotopic (exact) mass is 419 g/mol. The number of aromatic nitrogens is 2. The maximum atomic E-state index is 12.4. The zero-order chi connectivity index (χ0) is 21.2. The molecule has 0 fully saturated rings. The first-order valence-corrected chi connectivity index (χ1v) is 9.78. The van der Waals surface area contributed by atoms with Gasteiger partial charge in [-0.05, 0) is 30.7 Å². The number of nitrogens with one attached hydrogen (secondary N) is 2. The predicted octanol–water partition coefficient (Wildman–Crippen LogP) is 2.53. The number of methoxy groups -OCH3 is 1. The van der Waals surface area contributed by atoms with E-state index in [9.17, 15) is 9.59 Å². The zero-order valence-corrected chi connectivity index (χ0v) is 17.6. The van der Waals surface area contributed by atoms with Crippen molar-refractivity contribution in [3.8, 4) is 5.75 Å². The van der Waals surface area contributed by atoms with Gasteiger partial charge in [0.05, 0.1) is 18.3 Å². The van der Waals surface area contributed by atoms with Gasteiger partial charge in [0.1, 0.15) is 5.75 Å². The number of carbonyl (C=O) groups is 2. The number of carbonyl (C=O) groups excluding carboxylic acids is 2. The molecule has 1 aromatic carbocycles. The van der Waals surface area contributed by atoms with Crippen LogP contribution in [0.4, 0.5) is 5.95 Å². The Morgan fingerprint density at radius 2 is 1.79 bits per heavy atom. The summed E-state index contributed by atoms with van der Waals surface area (Å²) in [6.07, 6.45) is 3.47. The van der Waals surface area contributed by atoms with Crippen molar-refractivity contribution in [2.45, 2.75) is 19.8 Å². The second-order valence-corrected chi connectivity index (χ2v) is 6.79. The van der Waals surface area contributed by atoms with Crippen molar-refractivity contribution in [3.05, 3.63) is 46.7 Å². The molecule has 0 radical (unpaired) electrons. The molecule has 1 aromatic heterocycles. The number of nitrogens with zero attached hydrogens (tertiary/aromatic N) is 3. The molecule has 2 amide bonds. The van der Waals surface area contributed by atoms with E-state index in [0.717, 1.165) is 19.4 Å². The Morgan fingerprint density at radius 1 is 1.14 bits per heavy atom. The molecule has 0 aliphatic carbocycles. The summed E-state index contributed by atoms with van der Waals surface area (Å²) in [5.74, 6) is 0.471. The van der Waals surface area contributed by atoms with Crippen LogP contribution in [0.3, 0.4) is 0 Å². The van der Waals surface area contributed by atoms with E-state index in [-0.39, 0.29) is 29.7 Å². The van der Waals surface area contributed by atoms with Crippen LogP contribution in [0.25, 0.3) is 0 Å². The summed E-state index contributed by atoms with van der Waals surface area (Å²) < 4.78 is 5.06. The Bertz CT molecular complexity index is 829. The third-order valence-corrected chi connectivity index (χ3v) is 4.46. The van der Waals surface area contributed by atoms with Crippen LogP contribution >= 0.6 is 11.6 Å². The van der Waals surface area contributed by atoms with Crippen LogP contribution in [0.15, 0.2) is 30.5 Å². The number of benzene rings is 1. The van der Waals surface area contributed by atoms with Crippen LogP contribution in [0.2, 0.25) is 5.02 Å². The van der Waals surface area contributed by atoms with Crippen LogP contribution in [0, 0.1) is 0 Å². The van der Waals surface area contributed by atoms with Crippen molar-refractivity contribution in [2.75, 3.05) is 38.7 Å². The molecular formula is C20H26ClN5O3. The molecule has 1 heterocycles. The van der Waals surface area contributed by atoms with E-state index >= 15 is 0 Å². The molecule has 0 aliphatic heterocycles. The lowest BCUT2D eigenvalue weighted by Gasteiger charge is -2.17. The second kappa shape index (κ2) is 11.2. The fourth-order valence-electron chi connectivity index (χ4n) is 2.48. The molecule has 8 nitrogen and oxygen atoms in total. The molecule has 0 spiro atoms. The third-order valence-electron chi connectivity index (χ3n) is 4.18.